The Bertz CT molecular complexity index is 817. The molecule has 0 spiro atoms. The number of nitrogens with zero attached hydrogens (tertiary/aromatic N) is 1. The Labute approximate surface area is 126 Å². The van der Waals surface area contributed by atoms with Crippen molar-refractivity contribution in [3.8, 4) is 0 Å². The van der Waals surface area contributed by atoms with Crippen LogP contribution < -0.4 is 5.32 Å². The molecule has 0 saturated heterocycles. The third-order valence-corrected chi connectivity index (χ3v) is 4.57. The van der Waals surface area contributed by atoms with Crippen LogP contribution >= 0.6 is 11.5 Å². The molecule has 0 bridgehead atoms. The normalized spacial score (nSPS) is 11.2. The zero-order valence-corrected chi connectivity index (χ0v) is 12.3. The summed E-state index contributed by atoms with van der Waals surface area (Å²) in [7, 11) is 0. The minimum atomic E-state index is 0.884. The van der Waals surface area contributed by atoms with Gasteiger partial charge in [0.05, 0.1) is 4.70 Å². The van der Waals surface area contributed by atoms with Gasteiger partial charge < -0.3 is 10.3 Å². The summed E-state index contributed by atoms with van der Waals surface area (Å²) in [5.74, 6) is 0.996. The van der Waals surface area contributed by atoms with Crippen LogP contribution in [-0.2, 0) is 6.42 Å². The second-order valence-electron chi connectivity index (χ2n) is 5.06. The number of aromatic nitrogens is 2. The summed E-state index contributed by atoms with van der Waals surface area (Å²) in [6, 6.07) is 16.8. The van der Waals surface area contributed by atoms with Crippen molar-refractivity contribution < 1.29 is 0 Å². The zero-order valence-electron chi connectivity index (χ0n) is 11.5. The van der Waals surface area contributed by atoms with Crippen molar-refractivity contribution in [2.75, 3.05) is 11.9 Å². The molecule has 2 N–H and O–H groups in total. The standard InChI is InChI=1S/C17H15N3S/c1-3-7-15-13(5-1)12(11-19-15)9-10-18-17-14-6-2-4-8-16(14)21-20-17/h1-8,11,19H,9-10H2,(H,18,20). The van der Waals surface area contributed by atoms with Crippen LogP contribution in [0.25, 0.3) is 21.0 Å². The lowest BCUT2D eigenvalue weighted by atomic mass is 10.1. The van der Waals surface area contributed by atoms with E-state index in [0.717, 1.165) is 18.8 Å². The van der Waals surface area contributed by atoms with E-state index in [0.29, 0.717) is 0 Å². The molecule has 21 heavy (non-hydrogen) atoms. The van der Waals surface area contributed by atoms with Crippen molar-refractivity contribution in [3.05, 3.63) is 60.3 Å². The van der Waals surface area contributed by atoms with Gasteiger partial charge in [0.25, 0.3) is 0 Å². The van der Waals surface area contributed by atoms with E-state index in [1.807, 2.05) is 0 Å². The van der Waals surface area contributed by atoms with Gasteiger partial charge in [-0.25, -0.2) is 0 Å². The number of aromatic amines is 1. The average molecular weight is 293 g/mol. The summed E-state index contributed by atoms with van der Waals surface area (Å²) in [6.45, 7) is 0.884. The van der Waals surface area contributed by atoms with Gasteiger partial charge in [-0.3, -0.25) is 0 Å². The van der Waals surface area contributed by atoms with Crippen LogP contribution in [0.5, 0.6) is 0 Å². The van der Waals surface area contributed by atoms with Gasteiger partial charge in [0.1, 0.15) is 5.82 Å². The van der Waals surface area contributed by atoms with Gasteiger partial charge in [0.15, 0.2) is 0 Å². The summed E-state index contributed by atoms with van der Waals surface area (Å²) in [5, 5.41) is 5.97. The Morgan fingerprint density at radius 1 is 1.00 bits per heavy atom. The maximum absolute atomic E-state index is 4.50. The molecule has 0 fully saturated rings. The molecule has 0 atom stereocenters. The average Bonchev–Trinajstić information content (AvgIpc) is 3.13. The number of hydrogen-bond donors (Lipinski definition) is 2. The maximum Gasteiger partial charge on any atom is 0.147 e. The van der Waals surface area contributed by atoms with Crippen LogP contribution in [0.2, 0.25) is 0 Å². The number of rotatable bonds is 4. The third kappa shape index (κ3) is 2.28. The zero-order chi connectivity index (χ0) is 14.1. The van der Waals surface area contributed by atoms with Gasteiger partial charge in [-0.1, -0.05) is 30.3 Å². The van der Waals surface area contributed by atoms with E-state index in [4.69, 9.17) is 0 Å². The third-order valence-electron chi connectivity index (χ3n) is 3.74. The van der Waals surface area contributed by atoms with Gasteiger partial charge in [-0.2, -0.15) is 4.37 Å². The fourth-order valence-electron chi connectivity index (χ4n) is 2.67. The molecule has 0 aliphatic carbocycles. The van der Waals surface area contributed by atoms with Crippen molar-refractivity contribution in [2.45, 2.75) is 6.42 Å². The highest BCUT2D eigenvalue weighted by Gasteiger charge is 2.06. The predicted molar refractivity (Wildman–Crippen MR) is 90.1 cm³/mol. The van der Waals surface area contributed by atoms with Crippen LogP contribution in [0.4, 0.5) is 5.82 Å². The highest BCUT2D eigenvalue weighted by molar-refractivity contribution is 7.13. The molecule has 4 heteroatoms. The molecule has 0 amide bonds. The number of hydrogen-bond acceptors (Lipinski definition) is 3. The molecular weight excluding hydrogens is 278 g/mol. The van der Waals surface area contributed by atoms with E-state index in [1.165, 1.54) is 26.6 Å². The molecule has 0 unspecified atom stereocenters. The first-order valence-corrected chi connectivity index (χ1v) is 7.82. The first kappa shape index (κ1) is 12.4. The Morgan fingerprint density at radius 2 is 1.81 bits per heavy atom. The van der Waals surface area contributed by atoms with Gasteiger partial charge in [-0.05, 0) is 41.7 Å². The fourth-order valence-corrected chi connectivity index (χ4v) is 3.42. The SMILES string of the molecule is c1ccc2c(CCNc3nsc4ccccc34)c[nH]c2c1. The molecule has 104 valence electrons. The lowest BCUT2D eigenvalue weighted by molar-refractivity contribution is 1.02. The monoisotopic (exact) mass is 293 g/mol. The van der Waals surface area contributed by atoms with Crippen LogP contribution in [0.15, 0.2) is 54.7 Å². The number of anilines is 1. The van der Waals surface area contributed by atoms with Crippen LogP contribution in [-0.4, -0.2) is 15.9 Å². The summed E-state index contributed by atoms with van der Waals surface area (Å²) in [4.78, 5) is 3.32. The summed E-state index contributed by atoms with van der Waals surface area (Å²) in [5.41, 5.74) is 2.55. The molecule has 0 saturated carbocycles. The quantitative estimate of drug-likeness (QED) is 0.584. The highest BCUT2D eigenvalue weighted by atomic mass is 32.1. The summed E-state index contributed by atoms with van der Waals surface area (Å²) in [6.07, 6.45) is 3.08. The Kier molecular flexibility index (Phi) is 3.09. The summed E-state index contributed by atoms with van der Waals surface area (Å²) < 4.78 is 5.73. The predicted octanol–water partition coefficient (Wildman–Crippen LogP) is 4.43. The first-order valence-electron chi connectivity index (χ1n) is 7.05. The van der Waals surface area contributed by atoms with E-state index in [9.17, 15) is 0 Å². The maximum atomic E-state index is 4.50. The number of benzene rings is 2. The first-order chi connectivity index (χ1) is 10.4. The van der Waals surface area contributed by atoms with Gasteiger partial charge in [-0.15, -0.1) is 0 Å². The lowest BCUT2D eigenvalue weighted by Gasteiger charge is -2.03. The van der Waals surface area contributed by atoms with E-state index in [2.05, 4.69) is 69.4 Å². The van der Waals surface area contributed by atoms with Gasteiger partial charge >= 0.3 is 0 Å². The van der Waals surface area contributed by atoms with Crippen molar-refractivity contribution in [2.24, 2.45) is 0 Å². The highest BCUT2D eigenvalue weighted by Crippen LogP contribution is 2.26. The molecule has 4 aromatic rings. The Morgan fingerprint density at radius 3 is 2.76 bits per heavy atom. The number of H-pyrrole nitrogens is 1. The molecule has 0 aliphatic heterocycles. The van der Waals surface area contributed by atoms with Crippen molar-refractivity contribution in [3.63, 3.8) is 0 Å². The minimum absolute atomic E-state index is 0.884. The summed E-state index contributed by atoms with van der Waals surface area (Å²) >= 11 is 1.55. The molecule has 0 aliphatic rings. The largest absolute Gasteiger partial charge is 0.368 e. The van der Waals surface area contributed by atoms with E-state index in [1.54, 1.807) is 11.5 Å². The molecule has 3 nitrogen and oxygen atoms in total. The van der Waals surface area contributed by atoms with E-state index < -0.39 is 0 Å². The van der Waals surface area contributed by atoms with Crippen molar-refractivity contribution in [1.29, 1.82) is 0 Å². The Balaban J connectivity index is 1.50. The van der Waals surface area contributed by atoms with Gasteiger partial charge in [0.2, 0.25) is 0 Å². The topological polar surface area (TPSA) is 40.7 Å². The molecule has 2 aromatic carbocycles. The minimum Gasteiger partial charge on any atom is -0.368 e. The molecule has 0 radical (unpaired) electrons. The number of para-hydroxylation sites is 1. The smallest absolute Gasteiger partial charge is 0.147 e. The van der Waals surface area contributed by atoms with Gasteiger partial charge in [0, 0.05) is 29.0 Å². The molecule has 2 aromatic heterocycles. The fraction of sp³-hybridized carbons (Fsp3) is 0.118. The Hall–Kier alpha value is -2.33. The molecule has 2 heterocycles. The second-order valence-corrected chi connectivity index (χ2v) is 5.87. The van der Waals surface area contributed by atoms with Crippen LogP contribution in [0, 0.1) is 0 Å². The molecule has 4 rings (SSSR count). The van der Waals surface area contributed by atoms with Crippen LogP contribution in [0.1, 0.15) is 5.56 Å². The number of nitrogens with one attached hydrogen (secondary N) is 2. The molecular formula is C17H15N3S. The van der Waals surface area contributed by atoms with E-state index in [-0.39, 0.29) is 0 Å². The van der Waals surface area contributed by atoms with Crippen molar-refractivity contribution >= 4 is 38.3 Å². The van der Waals surface area contributed by atoms with Crippen molar-refractivity contribution in [1.82, 2.24) is 9.36 Å². The number of fused-ring (bicyclic) bond motifs is 2. The van der Waals surface area contributed by atoms with E-state index >= 15 is 0 Å². The van der Waals surface area contributed by atoms with Crippen LogP contribution in [0.3, 0.4) is 0 Å². The lowest BCUT2D eigenvalue weighted by Crippen LogP contribution is -2.04. The second kappa shape index (κ2) is 5.22.